The topological polar surface area (TPSA) is 69.2 Å². The second-order valence-electron chi connectivity index (χ2n) is 3.42. The molecule has 0 unspecified atom stereocenters. The van der Waals surface area contributed by atoms with Crippen molar-refractivity contribution >= 4 is 11.9 Å². The highest BCUT2D eigenvalue weighted by Crippen LogP contribution is 2.23. The molecule has 74 valence electrons. The summed E-state index contributed by atoms with van der Waals surface area (Å²) in [5.41, 5.74) is 0. The van der Waals surface area contributed by atoms with Crippen molar-refractivity contribution in [3.63, 3.8) is 0 Å². The quantitative estimate of drug-likeness (QED) is 0.638. The number of nitrogens with one attached hydrogen (secondary N) is 1. The summed E-state index contributed by atoms with van der Waals surface area (Å²) in [6.07, 6.45) is 5.11. The summed E-state index contributed by atoms with van der Waals surface area (Å²) in [4.78, 5) is 21.4. The van der Waals surface area contributed by atoms with Crippen LogP contribution in [0.15, 0.2) is 0 Å². The number of hydrogen-bond acceptors (Lipinski definition) is 3. The van der Waals surface area contributed by atoms with E-state index in [0.29, 0.717) is 0 Å². The van der Waals surface area contributed by atoms with Crippen molar-refractivity contribution < 1.29 is 14.7 Å². The van der Waals surface area contributed by atoms with Crippen molar-refractivity contribution in [2.24, 2.45) is 5.92 Å². The van der Waals surface area contributed by atoms with Gasteiger partial charge in [-0.15, -0.1) is 0 Å². The Morgan fingerprint density at radius 2 is 1.85 bits per heavy atom. The minimum Gasteiger partial charge on any atom is -0.548 e. The zero-order valence-corrected chi connectivity index (χ0v) is 7.54. The van der Waals surface area contributed by atoms with Gasteiger partial charge >= 0.3 is 0 Å². The second kappa shape index (κ2) is 4.84. The van der Waals surface area contributed by atoms with Crippen LogP contribution in [0, 0.1) is 5.92 Å². The lowest BCUT2D eigenvalue weighted by Gasteiger charge is -2.20. The normalized spacial score (nSPS) is 18.2. The highest BCUT2D eigenvalue weighted by Gasteiger charge is 2.20. The van der Waals surface area contributed by atoms with E-state index in [9.17, 15) is 14.7 Å². The van der Waals surface area contributed by atoms with Crippen LogP contribution in [-0.2, 0) is 9.59 Å². The molecular formula is C9H14NO3-. The Labute approximate surface area is 77.3 Å². The Balaban J connectivity index is 2.25. The molecular weight excluding hydrogens is 170 g/mol. The first-order valence-corrected chi connectivity index (χ1v) is 4.67. The van der Waals surface area contributed by atoms with Crippen molar-refractivity contribution in [2.75, 3.05) is 6.54 Å². The van der Waals surface area contributed by atoms with Crippen molar-refractivity contribution in [1.82, 2.24) is 5.32 Å². The first-order chi connectivity index (χ1) is 6.20. The van der Waals surface area contributed by atoms with Gasteiger partial charge in [0.25, 0.3) is 0 Å². The standard InChI is InChI=1S/C9H15NO3/c11-8(12)6-10-9(13)7-4-2-1-3-5-7/h7H,1-6H2,(H,10,13)(H,11,12)/p-1. The molecule has 1 saturated carbocycles. The molecule has 4 nitrogen and oxygen atoms in total. The van der Waals surface area contributed by atoms with E-state index in [-0.39, 0.29) is 18.4 Å². The fourth-order valence-corrected chi connectivity index (χ4v) is 1.67. The van der Waals surface area contributed by atoms with E-state index in [1.807, 2.05) is 0 Å². The van der Waals surface area contributed by atoms with Crippen LogP contribution in [0.2, 0.25) is 0 Å². The highest BCUT2D eigenvalue weighted by molar-refractivity contribution is 5.82. The van der Waals surface area contributed by atoms with Gasteiger partial charge in [0, 0.05) is 5.92 Å². The zero-order chi connectivity index (χ0) is 9.68. The zero-order valence-electron chi connectivity index (χ0n) is 7.54. The molecule has 0 aromatic carbocycles. The van der Waals surface area contributed by atoms with Gasteiger partial charge in [-0.25, -0.2) is 0 Å². The van der Waals surface area contributed by atoms with E-state index in [1.54, 1.807) is 0 Å². The van der Waals surface area contributed by atoms with Gasteiger partial charge in [-0.3, -0.25) is 4.79 Å². The molecule has 0 radical (unpaired) electrons. The van der Waals surface area contributed by atoms with E-state index in [1.165, 1.54) is 6.42 Å². The maximum absolute atomic E-state index is 11.3. The summed E-state index contributed by atoms with van der Waals surface area (Å²) in [7, 11) is 0. The smallest absolute Gasteiger partial charge is 0.223 e. The molecule has 0 aliphatic heterocycles. The van der Waals surface area contributed by atoms with E-state index < -0.39 is 5.97 Å². The van der Waals surface area contributed by atoms with E-state index in [4.69, 9.17) is 0 Å². The Bertz CT molecular complexity index is 197. The molecule has 0 spiro atoms. The second-order valence-corrected chi connectivity index (χ2v) is 3.42. The SMILES string of the molecule is O=C([O-])CNC(=O)C1CCCCC1. The molecule has 0 atom stereocenters. The van der Waals surface area contributed by atoms with E-state index >= 15 is 0 Å². The Morgan fingerprint density at radius 3 is 2.38 bits per heavy atom. The van der Waals surface area contributed by atoms with Crippen LogP contribution in [0.1, 0.15) is 32.1 Å². The third kappa shape index (κ3) is 3.44. The molecule has 1 aliphatic carbocycles. The van der Waals surface area contributed by atoms with Crippen LogP contribution in [0.4, 0.5) is 0 Å². The molecule has 4 heteroatoms. The molecule has 1 N–H and O–H groups in total. The van der Waals surface area contributed by atoms with Crippen molar-refractivity contribution in [3.8, 4) is 0 Å². The summed E-state index contributed by atoms with van der Waals surface area (Å²) in [5, 5.41) is 12.4. The number of carboxylic acids is 1. The fourth-order valence-electron chi connectivity index (χ4n) is 1.67. The van der Waals surface area contributed by atoms with E-state index in [2.05, 4.69) is 5.32 Å². The molecule has 1 aliphatic rings. The Hall–Kier alpha value is -1.06. The van der Waals surface area contributed by atoms with Crippen LogP contribution in [0.5, 0.6) is 0 Å². The lowest BCUT2D eigenvalue weighted by molar-refractivity contribution is -0.304. The fraction of sp³-hybridized carbons (Fsp3) is 0.778. The van der Waals surface area contributed by atoms with Crippen LogP contribution in [-0.4, -0.2) is 18.4 Å². The third-order valence-corrected chi connectivity index (χ3v) is 2.38. The lowest BCUT2D eigenvalue weighted by atomic mass is 9.89. The van der Waals surface area contributed by atoms with Crippen molar-refractivity contribution in [1.29, 1.82) is 0 Å². The van der Waals surface area contributed by atoms with Gasteiger partial charge in [-0.2, -0.15) is 0 Å². The summed E-state index contributed by atoms with van der Waals surface area (Å²) < 4.78 is 0. The summed E-state index contributed by atoms with van der Waals surface area (Å²) in [5.74, 6) is -1.35. The number of aliphatic carboxylic acids is 1. The van der Waals surface area contributed by atoms with Gasteiger partial charge in [0.2, 0.25) is 5.91 Å². The molecule has 1 fully saturated rings. The first-order valence-electron chi connectivity index (χ1n) is 4.67. The number of carboxylic acid groups (broad SMARTS) is 1. The summed E-state index contributed by atoms with van der Waals surface area (Å²) in [6.45, 7) is -0.366. The number of carbonyl (C=O) groups excluding carboxylic acids is 2. The van der Waals surface area contributed by atoms with Crippen molar-refractivity contribution in [2.45, 2.75) is 32.1 Å². The van der Waals surface area contributed by atoms with Crippen LogP contribution in [0.25, 0.3) is 0 Å². The van der Waals surface area contributed by atoms with Crippen LogP contribution in [0.3, 0.4) is 0 Å². The average molecular weight is 184 g/mol. The number of amides is 1. The maximum atomic E-state index is 11.3. The largest absolute Gasteiger partial charge is 0.548 e. The summed E-state index contributed by atoms with van der Waals surface area (Å²) >= 11 is 0. The van der Waals surface area contributed by atoms with Gasteiger partial charge in [-0.1, -0.05) is 19.3 Å². The monoisotopic (exact) mass is 184 g/mol. The molecule has 1 rings (SSSR count). The number of carbonyl (C=O) groups is 2. The molecule has 0 saturated heterocycles. The number of rotatable bonds is 3. The predicted octanol–water partition coefficient (Wildman–Crippen LogP) is -0.567. The Morgan fingerprint density at radius 1 is 1.23 bits per heavy atom. The third-order valence-electron chi connectivity index (χ3n) is 2.38. The molecule has 0 aromatic rings. The highest BCUT2D eigenvalue weighted by atomic mass is 16.4. The number of hydrogen-bond donors (Lipinski definition) is 1. The minimum atomic E-state index is -1.23. The van der Waals surface area contributed by atoms with Gasteiger partial charge in [0.05, 0.1) is 12.5 Å². The van der Waals surface area contributed by atoms with Gasteiger partial charge in [-0.05, 0) is 12.8 Å². The maximum Gasteiger partial charge on any atom is 0.223 e. The lowest BCUT2D eigenvalue weighted by Crippen LogP contribution is -2.40. The first kappa shape index (κ1) is 10.0. The Kier molecular flexibility index (Phi) is 3.73. The van der Waals surface area contributed by atoms with Crippen LogP contribution < -0.4 is 10.4 Å². The molecule has 1 amide bonds. The predicted molar refractivity (Wildman–Crippen MR) is 44.6 cm³/mol. The van der Waals surface area contributed by atoms with Crippen molar-refractivity contribution in [3.05, 3.63) is 0 Å². The molecule has 0 aromatic heterocycles. The van der Waals surface area contributed by atoms with E-state index in [0.717, 1.165) is 25.7 Å². The average Bonchev–Trinajstić information content (AvgIpc) is 2.15. The summed E-state index contributed by atoms with van der Waals surface area (Å²) in [6, 6.07) is 0. The van der Waals surface area contributed by atoms with Gasteiger partial charge in [0.15, 0.2) is 0 Å². The molecule has 13 heavy (non-hydrogen) atoms. The van der Waals surface area contributed by atoms with Gasteiger partial charge in [0.1, 0.15) is 0 Å². The molecule has 0 heterocycles. The van der Waals surface area contributed by atoms with Gasteiger partial charge < -0.3 is 15.2 Å². The molecule has 0 bridgehead atoms. The minimum absolute atomic E-state index is 0.0214. The van der Waals surface area contributed by atoms with Crippen LogP contribution >= 0.6 is 0 Å².